The zero-order chi connectivity index (χ0) is 19.5. The molecule has 5 heteroatoms. The van der Waals surface area contributed by atoms with Crippen LogP contribution < -0.4 is 0 Å². The van der Waals surface area contributed by atoms with Gasteiger partial charge in [0.2, 0.25) is 0 Å². The Morgan fingerprint density at radius 1 is 0.862 bits per heavy atom. The summed E-state index contributed by atoms with van der Waals surface area (Å²) in [5.74, 6) is 0. The second-order valence-electron chi connectivity index (χ2n) is 8.11. The molecule has 2 atom stereocenters. The molecule has 0 aliphatic carbocycles. The summed E-state index contributed by atoms with van der Waals surface area (Å²) in [5, 5.41) is 4.29. The van der Waals surface area contributed by atoms with Gasteiger partial charge in [0.25, 0.3) is 0 Å². The van der Waals surface area contributed by atoms with Crippen LogP contribution in [0.2, 0.25) is 0 Å². The maximum absolute atomic E-state index is 5.99. The maximum atomic E-state index is 5.99. The van der Waals surface area contributed by atoms with Gasteiger partial charge in [-0.25, -0.2) is 0 Å². The first-order valence-electron chi connectivity index (χ1n) is 10.5. The fourth-order valence-corrected chi connectivity index (χ4v) is 4.60. The van der Waals surface area contributed by atoms with Gasteiger partial charge in [0.1, 0.15) is 0 Å². The van der Waals surface area contributed by atoms with Crippen LogP contribution in [-0.2, 0) is 17.8 Å². The van der Waals surface area contributed by atoms with Gasteiger partial charge in [0, 0.05) is 44.6 Å². The molecule has 3 heterocycles. The Morgan fingerprint density at radius 3 is 2.41 bits per heavy atom. The molecule has 0 radical (unpaired) electrons. The number of rotatable bonds is 5. The zero-order valence-corrected chi connectivity index (χ0v) is 16.7. The highest BCUT2D eigenvalue weighted by molar-refractivity contribution is 5.23. The highest BCUT2D eigenvalue weighted by Gasteiger charge is 2.36. The first-order valence-corrected chi connectivity index (χ1v) is 10.5. The molecule has 2 aliphatic rings. The number of hydrogen-bond donors (Lipinski definition) is 0. The Hall–Kier alpha value is -2.47. The van der Waals surface area contributed by atoms with Gasteiger partial charge < -0.3 is 4.74 Å². The van der Waals surface area contributed by atoms with Gasteiger partial charge in [-0.05, 0) is 22.8 Å². The molecule has 0 amide bonds. The van der Waals surface area contributed by atoms with E-state index in [1.54, 1.807) is 0 Å². The van der Waals surface area contributed by atoms with Gasteiger partial charge in [0.05, 0.1) is 25.8 Å². The molecule has 2 aliphatic heterocycles. The van der Waals surface area contributed by atoms with E-state index >= 15 is 0 Å². The second-order valence-corrected chi connectivity index (χ2v) is 8.11. The van der Waals surface area contributed by atoms with Crippen molar-refractivity contribution in [2.75, 3.05) is 32.8 Å². The molecule has 29 heavy (non-hydrogen) atoms. The van der Waals surface area contributed by atoms with E-state index < -0.39 is 0 Å². The van der Waals surface area contributed by atoms with E-state index in [1.165, 1.54) is 16.7 Å². The molecule has 0 spiro atoms. The van der Waals surface area contributed by atoms with Crippen molar-refractivity contribution in [1.29, 1.82) is 0 Å². The SMILES string of the molecule is c1ccc([C@H]2COC[C@H]3CN(Cc4ccc(Cn5cccn5)cc4)CCN32)cc1. The summed E-state index contributed by atoms with van der Waals surface area (Å²) in [6, 6.07) is 22.6. The molecule has 5 rings (SSSR count). The molecule has 2 aromatic carbocycles. The first kappa shape index (κ1) is 18.6. The second kappa shape index (κ2) is 8.49. The molecule has 0 bridgehead atoms. The van der Waals surface area contributed by atoms with Gasteiger partial charge in [-0.15, -0.1) is 0 Å². The average molecular weight is 389 g/mol. The standard InChI is InChI=1S/C24H28N4O/c1-2-5-22(6-3-1)24-19-29-18-23-17-26(13-14-28(23)24)15-20-7-9-21(10-8-20)16-27-12-4-11-25-27/h1-12,23-24H,13-19H2/t23-,24-/m1/s1. The van der Waals surface area contributed by atoms with Crippen LogP contribution in [0.15, 0.2) is 73.1 Å². The van der Waals surface area contributed by atoms with E-state index in [-0.39, 0.29) is 0 Å². The Morgan fingerprint density at radius 2 is 1.66 bits per heavy atom. The molecule has 0 unspecified atom stereocenters. The summed E-state index contributed by atoms with van der Waals surface area (Å²) >= 11 is 0. The van der Waals surface area contributed by atoms with Gasteiger partial charge in [-0.2, -0.15) is 5.10 Å². The summed E-state index contributed by atoms with van der Waals surface area (Å²) in [5.41, 5.74) is 4.03. The number of hydrogen-bond acceptors (Lipinski definition) is 4. The Bertz CT molecular complexity index is 894. The molecule has 1 aromatic heterocycles. The van der Waals surface area contributed by atoms with Gasteiger partial charge in [-0.1, -0.05) is 54.6 Å². The van der Waals surface area contributed by atoms with Crippen molar-refractivity contribution in [3.05, 3.63) is 89.7 Å². The Labute approximate surface area is 172 Å². The number of morpholine rings is 1. The normalized spacial score (nSPS) is 23.0. The van der Waals surface area contributed by atoms with E-state index in [1.807, 2.05) is 23.1 Å². The summed E-state index contributed by atoms with van der Waals surface area (Å²) in [6.07, 6.45) is 3.83. The van der Waals surface area contributed by atoms with Crippen molar-refractivity contribution in [1.82, 2.24) is 19.6 Å². The quantitative estimate of drug-likeness (QED) is 0.672. The lowest BCUT2D eigenvalue weighted by Crippen LogP contribution is -2.58. The molecule has 5 nitrogen and oxygen atoms in total. The highest BCUT2D eigenvalue weighted by atomic mass is 16.5. The summed E-state index contributed by atoms with van der Waals surface area (Å²) in [6.45, 7) is 6.74. The van der Waals surface area contributed by atoms with Crippen molar-refractivity contribution >= 4 is 0 Å². The van der Waals surface area contributed by atoms with E-state index in [9.17, 15) is 0 Å². The predicted octanol–water partition coefficient (Wildman–Crippen LogP) is 3.19. The lowest BCUT2D eigenvalue weighted by atomic mass is 10.00. The summed E-state index contributed by atoms with van der Waals surface area (Å²) in [4.78, 5) is 5.23. The van der Waals surface area contributed by atoms with Crippen LogP contribution in [0.1, 0.15) is 22.7 Å². The molecule has 0 N–H and O–H groups in total. The van der Waals surface area contributed by atoms with Crippen LogP contribution in [-0.4, -0.2) is 58.5 Å². The molecule has 2 saturated heterocycles. The van der Waals surface area contributed by atoms with Crippen LogP contribution >= 0.6 is 0 Å². The monoisotopic (exact) mass is 388 g/mol. The van der Waals surface area contributed by atoms with Crippen LogP contribution in [0.25, 0.3) is 0 Å². The minimum absolute atomic E-state index is 0.388. The average Bonchev–Trinajstić information content (AvgIpc) is 3.28. The van der Waals surface area contributed by atoms with E-state index in [0.717, 1.165) is 45.9 Å². The smallest absolute Gasteiger partial charge is 0.0664 e. The number of nitrogens with zero attached hydrogens (tertiary/aromatic N) is 4. The molecule has 2 fully saturated rings. The van der Waals surface area contributed by atoms with Crippen molar-refractivity contribution in [2.24, 2.45) is 0 Å². The zero-order valence-electron chi connectivity index (χ0n) is 16.7. The van der Waals surface area contributed by atoms with E-state index in [4.69, 9.17) is 4.74 Å². The molecular weight excluding hydrogens is 360 g/mol. The van der Waals surface area contributed by atoms with Crippen molar-refractivity contribution in [2.45, 2.75) is 25.2 Å². The predicted molar refractivity (Wildman–Crippen MR) is 114 cm³/mol. The number of benzene rings is 2. The lowest BCUT2D eigenvalue weighted by molar-refractivity contribution is -0.0835. The molecule has 0 saturated carbocycles. The number of piperazine rings is 1. The fourth-order valence-electron chi connectivity index (χ4n) is 4.60. The van der Waals surface area contributed by atoms with Crippen LogP contribution in [0.3, 0.4) is 0 Å². The Kier molecular flexibility index (Phi) is 5.43. The molecule has 3 aromatic rings. The summed E-state index contributed by atoms with van der Waals surface area (Å²) in [7, 11) is 0. The van der Waals surface area contributed by atoms with Crippen molar-refractivity contribution in [3.8, 4) is 0 Å². The van der Waals surface area contributed by atoms with Crippen molar-refractivity contribution in [3.63, 3.8) is 0 Å². The Balaban J connectivity index is 1.20. The third kappa shape index (κ3) is 4.27. The van der Waals surface area contributed by atoms with Gasteiger partial charge >= 0.3 is 0 Å². The minimum atomic E-state index is 0.388. The van der Waals surface area contributed by atoms with E-state index in [2.05, 4.69) is 69.5 Å². The minimum Gasteiger partial charge on any atom is -0.378 e. The topological polar surface area (TPSA) is 33.5 Å². The number of aromatic nitrogens is 2. The van der Waals surface area contributed by atoms with Crippen molar-refractivity contribution < 1.29 is 4.74 Å². The van der Waals surface area contributed by atoms with E-state index in [0.29, 0.717) is 12.1 Å². The van der Waals surface area contributed by atoms with Gasteiger partial charge in [-0.3, -0.25) is 14.5 Å². The lowest BCUT2D eigenvalue weighted by Gasteiger charge is -2.48. The highest BCUT2D eigenvalue weighted by Crippen LogP contribution is 2.30. The fraction of sp³-hybridized carbons (Fsp3) is 0.375. The third-order valence-electron chi connectivity index (χ3n) is 6.12. The number of fused-ring (bicyclic) bond motifs is 1. The van der Waals surface area contributed by atoms with Crippen LogP contribution in [0.4, 0.5) is 0 Å². The third-order valence-corrected chi connectivity index (χ3v) is 6.12. The largest absolute Gasteiger partial charge is 0.378 e. The summed E-state index contributed by atoms with van der Waals surface area (Å²) < 4.78 is 7.95. The maximum Gasteiger partial charge on any atom is 0.0664 e. The molecular formula is C24H28N4O. The van der Waals surface area contributed by atoms with Crippen LogP contribution in [0.5, 0.6) is 0 Å². The van der Waals surface area contributed by atoms with Crippen LogP contribution in [0, 0.1) is 0 Å². The number of ether oxygens (including phenoxy) is 1. The van der Waals surface area contributed by atoms with Gasteiger partial charge in [0.15, 0.2) is 0 Å². The molecule has 150 valence electrons. The first-order chi connectivity index (χ1) is 14.3.